The van der Waals surface area contributed by atoms with Crippen LogP contribution < -0.4 is 4.90 Å². The van der Waals surface area contributed by atoms with Gasteiger partial charge in [-0.15, -0.1) is 0 Å². The number of halogens is 1. The number of hydrogen-bond donors (Lipinski definition) is 0. The average Bonchev–Trinajstić information content (AvgIpc) is 3.11. The van der Waals surface area contributed by atoms with Crippen molar-refractivity contribution in [1.82, 2.24) is 9.80 Å². The molecule has 4 rings (SSSR count). The number of piperazine rings is 1. The van der Waals surface area contributed by atoms with Crippen LogP contribution in [-0.2, 0) is 4.79 Å². The summed E-state index contributed by atoms with van der Waals surface area (Å²) in [4.78, 5) is 38.8. The monoisotopic (exact) mass is 401 g/mol. The number of aryl methyl sites for hydroxylation is 1. The summed E-state index contributed by atoms with van der Waals surface area (Å²) in [7, 11) is 3.06. The quantitative estimate of drug-likeness (QED) is 0.715. The molecule has 1 saturated heterocycles. The van der Waals surface area contributed by atoms with E-state index in [0.29, 0.717) is 18.2 Å². The van der Waals surface area contributed by atoms with Gasteiger partial charge in [-0.05, 0) is 24.6 Å². The van der Waals surface area contributed by atoms with Gasteiger partial charge >= 0.3 is 17.8 Å². The van der Waals surface area contributed by atoms with Crippen LogP contribution in [0.3, 0.4) is 0 Å². The summed E-state index contributed by atoms with van der Waals surface area (Å²) in [5, 5.41) is 0.743. The molecule has 0 N–H and O–H groups in total. The molecule has 8 nitrogen and oxygen atoms in total. The zero-order valence-corrected chi connectivity index (χ0v) is 16.9. The van der Waals surface area contributed by atoms with Gasteiger partial charge in [0.2, 0.25) is 11.5 Å². The molecule has 0 bridgehead atoms. The number of imide groups is 1. The number of urea groups is 1. The number of benzene rings is 1. The first-order valence-corrected chi connectivity index (χ1v) is 9.55. The van der Waals surface area contributed by atoms with Crippen molar-refractivity contribution in [2.24, 2.45) is 9.98 Å². The topological polar surface area (TPSA) is 71.6 Å². The van der Waals surface area contributed by atoms with Crippen molar-refractivity contribution in [3.05, 3.63) is 28.8 Å². The lowest BCUT2D eigenvalue weighted by Crippen LogP contribution is -2.51. The molecule has 28 heavy (non-hydrogen) atoms. The number of rotatable bonds is 3. The zero-order chi connectivity index (χ0) is 20.0. The van der Waals surface area contributed by atoms with Crippen LogP contribution in [0.5, 0.6) is 0 Å². The molecule has 3 heterocycles. The molecule has 3 amide bonds. The Morgan fingerprint density at radius 1 is 1.14 bits per heavy atom. The molecule has 1 aromatic rings. The van der Waals surface area contributed by atoms with E-state index in [1.165, 1.54) is 22.9 Å². The Balaban J connectivity index is 1.44. The third kappa shape index (κ3) is 3.22. The van der Waals surface area contributed by atoms with Gasteiger partial charge in [-0.3, -0.25) is 4.90 Å². The van der Waals surface area contributed by atoms with Crippen LogP contribution in [0.15, 0.2) is 28.2 Å². The Hall–Kier alpha value is -2.58. The lowest BCUT2D eigenvalue weighted by molar-refractivity contribution is -0.401. The van der Waals surface area contributed by atoms with Gasteiger partial charge in [0.15, 0.2) is 0 Å². The molecule has 0 atom stereocenters. The second kappa shape index (κ2) is 7.10. The summed E-state index contributed by atoms with van der Waals surface area (Å²) in [5.41, 5.74) is 2.62. The predicted octanol–water partition coefficient (Wildman–Crippen LogP) is 1.26. The van der Waals surface area contributed by atoms with Crippen LogP contribution in [0.2, 0.25) is 5.02 Å². The average molecular weight is 402 g/mol. The SMILES string of the molecule is Cc1ccc(Cl)cc1N1CCN(CC2=NC3=[N+](C)C(=O)N(C)C(=O)C3=N2)CC1. The number of amidine groups is 2. The lowest BCUT2D eigenvalue weighted by Gasteiger charge is -2.36. The fourth-order valence-electron chi connectivity index (χ4n) is 3.66. The molecule has 1 aromatic carbocycles. The second-order valence-corrected chi connectivity index (χ2v) is 7.65. The van der Waals surface area contributed by atoms with E-state index >= 15 is 0 Å². The fourth-order valence-corrected chi connectivity index (χ4v) is 3.83. The Morgan fingerprint density at radius 2 is 1.86 bits per heavy atom. The van der Waals surface area contributed by atoms with Gasteiger partial charge in [0.05, 0.1) is 20.6 Å². The fraction of sp³-hybridized carbons (Fsp3) is 0.421. The van der Waals surface area contributed by atoms with E-state index in [2.05, 4.69) is 26.7 Å². The number of aliphatic imine (C=N–C) groups is 2. The first-order valence-electron chi connectivity index (χ1n) is 9.18. The van der Waals surface area contributed by atoms with Crippen molar-refractivity contribution < 1.29 is 14.2 Å². The van der Waals surface area contributed by atoms with Crippen LogP contribution >= 0.6 is 11.6 Å². The highest BCUT2D eigenvalue weighted by Crippen LogP contribution is 2.25. The summed E-state index contributed by atoms with van der Waals surface area (Å²) >= 11 is 6.15. The van der Waals surface area contributed by atoms with Gasteiger partial charge in [-0.25, -0.2) is 14.6 Å². The molecule has 146 valence electrons. The highest BCUT2D eigenvalue weighted by atomic mass is 35.5. The van der Waals surface area contributed by atoms with E-state index in [-0.39, 0.29) is 5.71 Å². The molecule has 0 radical (unpaired) electrons. The Kier molecular flexibility index (Phi) is 4.76. The summed E-state index contributed by atoms with van der Waals surface area (Å²) in [5.74, 6) is 0.509. The first kappa shape index (κ1) is 18.8. The highest BCUT2D eigenvalue weighted by Gasteiger charge is 2.44. The van der Waals surface area contributed by atoms with Gasteiger partial charge in [-0.2, -0.15) is 9.48 Å². The van der Waals surface area contributed by atoms with Crippen LogP contribution in [0.1, 0.15) is 5.56 Å². The summed E-state index contributed by atoms with van der Waals surface area (Å²) in [6, 6.07) is 5.56. The van der Waals surface area contributed by atoms with Gasteiger partial charge in [-0.1, -0.05) is 22.7 Å². The van der Waals surface area contributed by atoms with Crippen molar-refractivity contribution in [3.8, 4) is 0 Å². The van der Waals surface area contributed by atoms with Gasteiger partial charge in [0.25, 0.3) is 0 Å². The van der Waals surface area contributed by atoms with E-state index in [1.54, 1.807) is 7.05 Å². The van der Waals surface area contributed by atoms with Crippen molar-refractivity contribution in [1.29, 1.82) is 0 Å². The summed E-state index contributed by atoms with van der Waals surface area (Å²) < 4.78 is 1.37. The van der Waals surface area contributed by atoms with Crippen LogP contribution in [-0.4, -0.2) is 90.5 Å². The molecule has 1 fully saturated rings. The third-order valence-electron chi connectivity index (χ3n) is 5.34. The van der Waals surface area contributed by atoms with Crippen LogP contribution in [0.25, 0.3) is 0 Å². The molecule has 3 aliphatic rings. The van der Waals surface area contributed by atoms with Crippen LogP contribution in [0, 0.1) is 6.92 Å². The largest absolute Gasteiger partial charge is 0.446 e. The van der Waals surface area contributed by atoms with Crippen molar-refractivity contribution in [3.63, 3.8) is 0 Å². The molecule has 9 heteroatoms. The van der Waals surface area contributed by atoms with Crippen molar-refractivity contribution in [2.75, 3.05) is 51.7 Å². The molecule has 0 aromatic heterocycles. The van der Waals surface area contributed by atoms with E-state index < -0.39 is 11.9 Å². The molecular weight excluding hydrogens is 380 g/mol. The standard InChI is InChI=1S/C19H22ClN6O2/c1-12-4-5-13(20)10-14(12)26-8-6-25(7-9-26)11-15-21-16-17(22-15)23(2)19(28)24(3)18(16)27/h4-5,10H,6-9,11H2,1-3H3/q+1. The van der Waals surface area contributed by atoms with E-state index in [4.69, 9.17) is 11.6 Å². The van der Waals surface area contributed by atoms with E-state index in [0.717, 1.165) is 36.1 Å². The molecule has 0 unspecified atom stereocenters. The maximum Gasteiger partial charge on any atom is 0.446 e. The number of carbonyl (C=O) groups is 2. The molecule has 0 aliphatic carbocycles. The van der Waals surface area contributed by atoms with Crippen LogP contribution in [0.4, 0.5) is 10.5 Å². The number of anilines is 1. The van der Waals surface area contributed by atoms with Gasteiger partial charge in [0, 0.05) is 36.9 Å². The third-order valence-corrected chi connectivity index (χ3v) is 5.57. The molecule has 0 spiro atoms. The maximum atomic E-state index is 12.3. The molecule has 0 saturated carbocycles. The number of carbonyl (C=O) groups excluding carboxylic acids is 2. The van der Waals surface area contributed by atoms with Gasteiger partial charge < -0.3 is 4.90 Å². The highest BCUT2D eigenvalue weighted by molar-refractivity contribution is 6.70. The Bertz CT molecular complexity index is 959. The Labute approximate surface area is 168 Å². The molecule has 3 aliphatic heterocycles. The summed E-state index contributed by atoms with van der Waals surface area (Å²) in [6.45, 7) is 6.10. The minimum atomic E-state index is -0.405. The smallest absolute Gasteiger partial charge is 0.369 e. The maximum absolute atomic E-state index is 12.3. The number of hydrogen-bond acceptors (Lipinski definition) is 6. The predicted molar refractivity (Wildman–Crippen MR) is 109 cm³/mol. The number of nitrogens with zero attached hydrogens (tertiary/aromatic N) is 6. The lowest BCUT2D eigenvalue weighted by atomic mass is 10.1. The minimum absolute atomic E-state index is 0.243. The Morgan fingerprint density at radius 3 is 2.57 bits per heavy atom. The first-order chi connectivity index (χ1) is 13.3. The molecular formula is C19H22ClN6O2+. The number of fused-ring (bicyclic) bond motifs is 1. The van der Waals surface area contributed by atoms with Crippen molar-refractivity contribution >= 4 is 46.6 Å². The van der Waals surface area contributed by atoms with Crippen molar-refractivity contribution in [2.45, 2.75) is 6.92 Å². The normalized spacial score (nSPS) is 20.6. The van der Waals surface area contributed by atoms with Gasteiger partial charge in [0.1, 0.15) is 0 Å². The van der Waals surface area contributed by atoms with E-state index in [1.807, 2.05) is 18.2 Å². The number of amides is 3. The zero-order valence-electron chi connectivity index (χ0n) is 16.1. The summed E-state index contributed by atoms with van der Waals surface area (Å²) in [6.07, 6.45) is 0. The minimum Gasteiger partial charge on any atom is -0.369 e. The van der Waals surface area contributed by atoms with E-state index in [9.17, 15) is 9.59 Å². The second-order valence-electron chi connectivity index (χ2n) is 7.21.